The van der Waals surface area contributed by atoms with Crippen molar-refractivity contribution in [3.05, 3.63) is 76.0 Å². The normalized spacial score (nSPS) is 19.9. The first-order valence-electron chi connectivity index (χ1n) is 10.5. The Bertz CT molecular complexity index is 1260. The first kappa shape index (κ1) is 21.3. The zero-order valence-corrected chi connectivity index (χ0v) is 18.1. The summed E-state index contributed by atoms with van der Waals surface area (Å²) in [7, 11) is 0. The molecule has 5 rings (SSSR count). The Kier molecular flexibility index (Phi) is 5.41. The van der Waals surface area contributed by atoms with Crippen LogP contribution < -0.4 is 10.6 Å². The van der Waals surface area contributed by atoms with E-state index >= 15 is 0 Å². The predicted octanol–water partition coefficient (Wildman–Crippen LogP) is 4.05. The number of fused-ring (bicyclic) bond motifs is 2. The summed E-state index contributed by atoms with van der Waals surface area (Å²) >= 11 is 1.34. The van der Waals surface area contributed by atoms with E-state index in [0.717, 1.165) is 12.1 Å². The average Bonchev–Trinajstić information content (AvgIpc) is 3.31. The lowest BCUT2D eigenvalue weighted by molar-refractivity contribution is -0.121. The second kappa shape index (κ2) is 8.40. The molecule has 6 nitrogen and oxygen atoms in total. The molecule has 2 aromatic carbocycles. The van der Waals surface area contributed by atoms with Gasteiger partial charge in [0.1, 0.15) is 17.7 Å². The van der Waals surface area contributed by atoms with Gasteiger partial charge in [0.15, 0.2) is 0 Å². The fourth-order valence-electron chi connectivity index (χ4n) is 4.34. The highest BCUT2D eigenvalue weighted by Gasteiger charge is 2.40. The Morgan fingerprint density at radius 3 is 2.70 bits per heavy atom. The number of benzene rings is 2. The quantitative estimate of drug-likeness (QED) is 0.610. The summed E-state index contributed by atoms with van der Waals surface area (Å²) < 4.78 is 27.6. The summed E-state index contributed by atoms with van der Waals surface area (Å²) in [6.07, 6.45) is 0.802. The first-order valence-corrected chi connectivity index (χ1v) is 11.3. The summed E-state index contributed by atoms with van der Waals surface area (Å²) in [5.74, 6) is -2.30. The molecule has 0 saturated carbocycles. The van der Waals surface area contributed by atoms with E-state index in [2.05, 4.69) is 10.6 Å². The number of thiophene rings is 1. The maximum absolute atomic E-state index is 14.3. The standard InChI is InChI=1S/C24H19F2N3O3S/c25-14-4-5-16(18(26)11-14)13-3-6-19-17(10-13)24(32)29-8-7-15(12-20(29)22(30)28-19)27-23(31)21-2-1-9-33-21/h1-6,9-11,15,20H,7-8,12H2,(H,27,31)(H,28,30). The van der Waals surface area contributed by atoms with Gasteiger partial charge in [0.2, 0.25) is 5.91 Å². The lowest BCUT2D eigenvalue weighted by atomic mass is 9.95. The molecule has 168 valence electrons. The van der Waals surface area contributed by atoms with Gasteiger partial charge in [0.05, 0.1) is 16.1 Å². The minimum Gasteiger partial charge on any atom is -0.348 e. The Balaban J connectivity index is 1.40. The lowest BCUT2D eigenvalue weighted by Crippen LogP contribution is -2.54. The van der Waals surface area contributed by atoms with Crippen LogP contribution in [-0.2, 0) is 4.79 Å². The minimum absolute atomic E-state index is 0.161. The van der Waals surface area contributed by atoms with Crippen molar-refractivity contribution in [1.29, 1.82) is 0 Å². The van der Waals surface area contributed by atoms with Crippen molar-refractivity contribution in [2.75, 3.05) is 11.9 Å². The van der Waals surface area contributed by atoms with Crippen molar-refractivity contribution in [2.45, 2.75) is 24.9 Å². The minimum atomic E-state index is -0.738. The highest BCUT2D eigenvalue weighted by Crippen LogP contribution is 2.33. The van der Waals surface area contributed by atoms with Gasteiger partial charge in [-0.1, -0.05) is 12.1 Å². The van der Waals surface area contributed by atoms with E-state index in [1.165, 1.54) is 28.4 Å². The summed E-state index contributed by atoms with van der Waals surface area (Å²) in [5, 5.41) is 7.56. The van der Waals surface area contributed by atoms with Crippen LogP contribution in [-0.4, -0.2) is 41.2 Å². The van der Waals surface area contributed by atoms with Crippen molar-refractivity contribution in [2.24, 2.45) is 0 Å². The van der Waals surface area contributed by atoms with E-state index in [1.54, 1.807) is 24.3 Å². The van der Waals surface area contributed by atoms with Gasteiger partial charge in [0.25, 0.3) is 11.8 Å². The number of anilines is 1. The second-order valence-corrected chi connectivity index (χ2v) is 9.01. The van der Waals surface area contributed by atoms with Crippen molar-refractivity contribution in [3.8, 4) is 11.1 Å². The molecule has 2 N–H and O–H groups in total. The van der Waals surface area contributed by atoms with E-state index < -0.39 is 17.7 Å². The molecule has 0 radical (unpaired) electrons. The van der Waals surface area contributed by atoms with Crippen LogP contribution in [0.3, 0.4) is 0 Å². The molecular formula is C24H19F2N3O3S. The summed E-state index contributed by atoms with van der Waals surface area (Å²) in [5.41, 5.74) is 1.15. The molecule has 0 bridgehead atoms. The number of nitrogens with zero attached hydrogens (tertiary/aromatic N) is 1. The van der Waals surface area contributed by atoms with E-state index in [9.17, 15) is 23.2 Å². The number of rotatable bonds is 3. The molecule has 3 amide bonds. The Hall–Kier alpha value is -3.59. The Morgan fingerprint density at radius 2 is 1.94 bits per heavy atom. The number of hydrogen-bond acceptors (Lipinski definition) is 4. The third kappa shape index (κ3) is 4.00. The van der Waals surface area contributed by atoms with Crippen molar-refractivity contribution in [3.63, 3.8) is 0 Å². The van der Waals surface area contributed by atoms with Gasteiger partial charge >= 0.3 is 0 Å². The number of piperidine rings is 1. The first-order chi connectivity index (χ1) is 15.9. The second-order valence-electron chi connectivity index (χ2n) is 8.06. The van der Waals surface area contributed by atoms with Gasteiger partial charge in [-0.25, -0.2) is 8.78 Å². The van der Waals surface area contributed by atoms with Gasteiger partial charge in [-0.2, -0.15) is 0 Å². The molecule has 2 aliphatic heterocycles. The monoisotopic (exact) mass is 467 g/mol. The Morgan fingerprint density at radius 1 is 1.09 bits per heavy atom. The zero-order valence-electron chi connectivity index (χ0n) is 17.3. The van der Waals surface area contributed by atoms with Crippen LogP contribution in [0, 0.1) is 11.6 Å². The number of halogens is 2. The fourth-order valence-corrected chi connectivity index (χ4v) is 4.97. The van der Waals surface area contributed by atoms with E-state index in [-0.39, 0.29) is 34.9 Å². The van der Waals surface area contributed by atoms with Crippen LogP contribution in [0.2, 0.25) is 0 Å². The molecule has 0 aliphatic carbocycles. The topological polar surface area (TPSA) is 78.5 Å². The third-order valence-electron chi connectivity index (χ3n) is 6.00. The van der Waals surface area contributed by atoms with Crippen LogP contribution >= 0.6 is 11.3 Å². The lowest BCUT2D eigenvalue weighted by Gasteiger charge is -2.37. The van der Waals surface area contributed by atoms with Gasteiger partial charge in [-0.3, -0.25) is 14.4 Å². The van der Waals surface area contributed by atoms with Gasteiger partial charge in [-0.05, 0) is 54.1 Å². The maximum atomic E-state index is 14.3. The Labute approximate surface area is 192 Å². The largest absolute Gasteiger partial charge is 0.348 e. The molecule has 1 aromatic heterocycles. The summed E-state index contributed by atoms with van der Waals surface area (Å²) in [6, 6.07) is 10.4. The molecule has 33 heavy (non-hydrogen) atoms. The van der Waals surface area contributed by atoms with Crippen LogP contribution in [0.15, 0.2) is 53.9 Å². The van der Waals surface area contributed by atoms with Crippen molar-refractivity contribution < 1.29 is 23.2 Å². The van der Waals surface area contributed by atoms with E-state index in [4.69, 9.17) is 0 Å². The van der Waals surface area contributed by atoms with Crippen molar-refractivity contribution >= 4 is 34.7 Å². The highest BCUT2D eigenvalue weighted by molar-refractivity contribution is 7.12. The van der Waals surface area contributed by atoms with Gasteiger partial charge in [-0.15, -0.1) is 11.3 Å². The average molecular weight is 467 g/mol. The fraction of sp³-hybridized carbons (Fsp3) is 0.208. The third-order valence-corrected chi connectivity index (χ3v) is 6.86. The molecule has 2 aliphatic rings. The molecule has 1 fully saturated rings. The van der Waals surface area contributed by atoms with Gasteiger partial charge in [0, 0.05) is 24.2 Å². The number of hydrogen-bond donors (Lipinski definition) is 2. The van der Waals surface area contributed by atoms with Crippen LogP contribution in [0.25, 0.3) is 11.1 Å². The SMILES string of the molecule is O=C(NC1CCN2C(=O)c3cc(-c4ccc(F)cc4F)ccc3NC(=O)C2C1)c1cccs1. The van der Waals surface area contributed by atoms with Crippen molar-refractivity contribution in [1.82, 2.24) is 10.2 Å². The molecule has 0 spiro atoms. The van der Waals surface area contributed by atoms with Crippen LogP contribution in [0.1, 0.15) is 32.9 Å². The molecule has 3 aromatic rings. The number of amides is 3. The predicted molar refractivity (Wildman–Crippen MR) is 120 cm³/mol. The van der Waals surface area contributed by atoms with E-state index in [0.29, 0.717) is 35.5 Å². The highest BCUT2D eigenvalue weighted by atomic mass is 32.1. The number of carbonyl (C=O) groups is 3. The van der Waals surface area contributed by atoms with Crippen LogP contribution in [0.4, 0.5) is 14.5 Å². The maximum Gasteiger partial charge on any atom is 0.261 e. The summed E-state index contributed by atoms with van der Waals surface area (Å²) in [6.45, 7) is 0.293. The molecule has 1 saturated heterocycles. The van der Waals surface area contributed by atoms with Crippen LogP contribution in [0.5, 0.6) is 0 Å². The van der Waals surface area contributed by atoms with E-state index in [1.807, 2.05) is 5.38 Å². The summed E-state index contributed by atoms with van der Waals surface area (Å²) in [4.78, 5) is 40.8. The molecule has 2 atom stereocenters. The molecule has 3 heterocycles. The molecular weight excluding hydrogens is 448 g/mol. The smallest absolute Gasteiger partial charge is 0.261 e. The number of carbonyl (C=O) groups excluding carboxylic acids is 3. The van der Waals surface area contributed by atoms with Gasteiger partial charge < -0.3 is 15.5 Å². The molecule has 9 heteroatoms. The number of nitrogens with one attached hydrogen (secondary N) is 2. The molecule has 2 unspecified atom stereocenters. The zero-order chi connectivity index (χ0) is 23.1.